The number of aryl methyl sites for hydroxylation is 1. The monoisotopic (exact) mass is 305 g/mol. The largest absolute Gasteiger partial charge is 0.374 e. The van der Waals surface area contributed by atoms with Gasteiger partial charge in [0.05, 0.1) is 25.8 Å². The van der Waals surface area contributed by atoms with Crippen molar-refractivity contribution in [3.05, 3.63) is 30.3 Å². The molecule has 2 aromatic heterocycles. The third kappa shape index (κ3) is 3.92. The summed E-state index contributed by atoms with van der Waals surface area (Å²) in [6, 6.07) is 3.58. The third-order valence-corrected chi connectivity index (χ3v) is 3.44. The minimum atomic E-state index is -0.104. The number of aromatic nitrogens is 3. The Hall–Kier alpha value is -2.19. The van der Waals surface area contributed by atoms with E-state index in [0.29, 0.717) is 37.8 Å². The Labute approximate surface area is 128 Å². The Morgan fingerprint density at radius 2 is 2.45 bits per heavy atom. The minimum absolute atomic E-state index is 0.0377. The van der Waals surface area contributed by atoms with E-state index in [2.05, 4.69) is 20.5 Å². The van der Waals surface area contributed by atoms with E-state index >= 15 is 0 Å². The molecule has 1 unspecified atom stereocenters. The molecule has 0 bridgehead atoms. The zero-order valence-electron chi connectivity index (χ0n) is 12.4. The maximum Gasteiger partial charge on any atom is 0.239 e. The van der Waals surface area contributed by atoms with Gasteiger partial charge in [-0.15, -0.1) is 0 Å². The number of ether oxygens (including phenoxy) is 1. The molecule has 1 fully saturated rings. The van der Waals surface area contributed by atoms with Crippen LogP contribution in [0.2, 0.25) is 0 Å². The summed E-state index contributed by atoms with van der Waals surface area (Å²) >= 11 is 0. The van der Waals surface area contributed by atoms with Crippen molar-refractivity contribution in [2.75, 3.05) is 31.6 Å². The summed E-state index contributed by atoms with van der Waals surface area (Å²) in [5.41, 5.74) is 0. The lowest BCUT2D eigenvalue weighted by molar-refractivity contribution is -0.119. The van der Waals surface area contributed by atoms with Crippen molar-refractivity contribution < 1.29 is 14.1 Å². The van der Waals surface area contributed by atoms with Crippen LogP contribution in [0, 0.1) is 6.92 Å². The molecule has 0 aromatic carbocycles. The van der Waals surface area contributed by atoms with Crippen molar-refractivity contribution in [2.24, 2.45) is 0 Å². The molecule has 1 N–H and O–H groups in total. The Morgan fingerprint density at radius 1 is 1.55 bits per heavy atom. The third-order valence-electron chi connectivity index (χ3n) is 3.44. The molecule has 22 heavy (non-hydrogen) atoms. The quantitative estimate of drug-likeness (QED) is 0.867. The normalized spacial score (nSPS) is 19.2. The van der Waals surface area contributed by atoms with Crippen molar-refractivity contribution in [1.82, 2.24) is 19.8 Å². The predicted molar refractivity (Wildman–Crippen MR) is 78.3 cm³/mol. The Balaban J connectivity index is 1.48. The van der Waals surface area contributed by atoms with E-state index in [1.807, 2.05) is 16.9 Å². The van der Waals surface area contributed by atoms with Crippen LogP contribution >= 0.6 is 0 Å². The van der Waals surface area contributed by atoms with E-state index in [1.165, 1.54) is 0 Å². The fourth-order valence-electron chi connectivity index (χ4n) is 2.46. The molecule has 0 spiro atoms. The molecule has 0 aliphatic carbocycles. The van der Waals surface area contributed by atoms with E-state index in [1.54, 1.807) is 19.2 Å². The van der Waals surface area contributed by atoms with Gasteiger partial charge in [0.1, 0.15) is 5.76 Å². The molecule has 0 saturated carbocycles. The number of anilines is 1. The molecular formula is C14H19N5O3. The number of carbonyl (C=O) groups excluding carboxylic acids is 1. The summed E-state index contributed by atoms with van der Waals surface area (Å²) < 4.78 is 12.5. The number of rotatable bonds is 5. The highest BCUT2D eigenvalue weighted by atomic mass is 16.5. The van der Waals surface area contributed by atoms with E-state index in [9.17, 15) is 4.79 Å². The molecule has 1 amide bonds. The second-order valence-corrected chi connectivity index (χ2v) is 5.33. The minimum Gasteiger partial charge on any atom is -0.374 e. The predicted octanol–water partition coefficient (Wildman–Crippen LogP) is 0.519. The van der Waals surface area contributed by atoms with Crippen molar-refractivity contribution in [3.8, 4) is 0 Å². The first-order valence-electron chi connectivity index (χ1n) is 7.23. The zero-order chi connectivity index (χ0) is 15.4. The number of carbonyl (C=O) groups is 1. The molecule has 8 heteroatoms. The van der Waals surface area contributed by atoms with Gasteiger partial charge >= 0.3 is 0 Å². The molecular weight excluding hydrogens is 286 g/mol. The average molecular weight is 305 g/mol. The Morgan fingerprint density at radius 3 is 3.18 bits per heavy atom. The van der Waals surface area contributed by atoms with Gasteiger partial charge in [0.25, 0.3) is 0 Å². The number of hydrogen-bond donors (Lipinski definition) is 1. The lowest BCUT2D eigenvalue weighted by Crippen LogP contribution is -2.47. The zero-order valence-corrected chi connectivity index (χ0v) is 12.4. The van der Waals surface area contributed by atoms with Gasteiger partial charge in [0, 0.05) is 31.5 Å². The molecule has 118 valence electrons. The molecule has 3 heterocycles. The van der Waals surface area contributed by atoms with Gasteiger partial charge in [-0.2, -0.15) is 5.10 Å². The lowest BCUT2D eigenvalue weighted by atomic mass is 10.2. The maximum atomic E-state index is 12.0. The highest BCUT2D eigenvalue weighted by Crippen LogP contribution is 2.09. The number of amides is 1. The van der Waals surface area contributed by atoms with Crippen molar-refractivity contribution >= 4 is 11.7 Å². The molecule has 1 saturated heterocycles. The summed E-state index contributed by atoms with van der Waals surface area (Å²) in [6.45, 7) is 4.83. The molecule has 1 atom stereocenters. The van der Waals surface area contributed by atoms with Crippen LogP contribution in [0.5, 0.6) is 0 Å². The van der Waals surface area contributed by atoms with Crippen molar-refractivity contribution in [2.45, 2.75) is 19.6 Å². The van der Waals surface area contributed by atoms with E-state index in [-0.39, 0.29) is 12.0 Å². The Bertz CT molecular complexity index is 610. The molecule has 0 radical (unpaired) electrons. The van der Waals surface area contributed by atoms with Gasteiger partial charge in [-0.1, -0.05) is 5.16 Å². The van der Waals surface area contributed by atoms with Crippen LogP contribution in [0.3, 0.4) is 0 Å². The molecule has 8 nitrogen and oxygen atoms in total. The topological polar surface area (TPSA) is 85.4 Å². The number of morpholine rings is 1. The van der Waals surface area contributed by atoms with E-state index in [0.717, 1.165) is 6.54 Å². The second-order valence-electron chi connectivity index (χ2n) is 5.33. The fourth-order valence-corrected chi connectivity index (χ4v) is 2.46. The van der Waals surface area contributed by atoms with Crippen molar-refractivity contribution in [1.29, 1.82) is 0 Å². The molecule has 1 aliphatic heterocycles. The van der Waals surface area contributed by atoms with Crippen molar-refractivity contribution in [3.63, 3.8) is 0 Å². The Kier molecular flexibility index (Phi) is 4.50. The van der Waals surface area contributed by atoms with Crippen LogP contribution in [-0.4, -0.2) is 58.1 Å². The van der Waals surface area contributed by atoms with Crippen LogP contribution in [0.1, 0.15) is 5.76 Å². The first kappa shape index (κ1) is 14.7. The van der Waals surface area contributed by atoms with Crippen LogP contribution < -0.4 is 5.32 Å². The number of nitrogens with one attached hydrogen (secondary N) is 1. The first-order valence-corrected chi connectivity index (χ1v) is 7.23. The van der Waals surface area contributed by atoms with Gasteiger partial charge in [-0.05, 0) is 13.0 Å². The summed E-state index contributed by atoms with van der Waals surface area (Å²) in [5, 5.41) is 10.7. The van der Waals surface area contributed by atoms with E-state index in [4.69, 9.17) is 9.26 Å². The van der Waals surface area contributed by atoms with Gasteiger partial charge in [-0.25, -0.2) is 0 Å². The van der Waals surface area contributed by atoms with Gasteiger partial charge in [0.2, 0.25) is 5.91 Å². The number of nitrogens with zero attached hydrogens (tertiary/aromatic N) is 4. The SMILES string of the molecule is Cc1cc(NC(=O)CN2CCOC(Cn3cccn3)C2)no1. The molecule has 3 rings (SSSR count). The smallest absolute Gasteiger partial charge is 0.239 e. The van der Waals surface area contributed by atoms with Gasteiger partial charge in [-0.3, -0.25) is 14.4 Å². The summed E-state index contributed by atoms with van der Waals surface area (Å²) in [6.07, 6.45) is 3.69. The standard InChI is InChI=1S/C14H19N5O3/c1-11-7-13(17-22-11)16-14(20)10-18-5-6-21-12(8-18)9-19-4-2-3-15-19/h2-4,7,12H,5-6,8-10H2,1H3,(H,16,17,20). The van der Waals surface area contributed by atoms with Crippen LogP contribution in [-0.2, 0) is 16.1 Å². The van der Waals surface area contributed by atoms with Gasteiger partial charge < -0.3 is 14.6 Å². The fraction of sp³-hybridized carbons (Fsp3) is 0.500. The maximum absolute atomic E-state index is 12.0. The molecule has 1 aliphatic rings. The lowest BCUT2D eigenvalue weighted by Gasteiger charge is -2.32. The van der Waals surface area contributed by atoms with Crippen LogP contribution in [0.25, 0.3) is 0 Å². The second kappa shape index (κ2) is 6.71. The van der Waals surface area contributed by atoms with Crippen LogP contribution in [0.15, 0.2) is 29.0 Å². The summed E-state index contributed by atoms with van der Waals surface area (Å²) in [7, 11) is 0. The van der Waals surface area contributed by atoms with Gasteiger partial charge in [0.15, 0.2) is 5.82 Å². The molecule has 2 aromatic rings. The highest BCUT2D eigenvalue weighted by molar-refractivity contribution is 5.91. The summed E-state index contributed by atoms with van der Waals surface area (Å²) in [5.74, 6) is 1.01. The van der Waals surface area contributed by atoms with E-state index < -0.39 is 0 Å². The first-order chi connectivity index (χ1) is 10.7. The number of hydrogen-bond acceptors (Lipinski definition) is 6. The summed E-state index contributed by atoms with van der Waals surface area (Å²) in [4.78, 5) is 14.1. The van der Waals surface area contributed by atoms with Crippen LogP contribution in [0.4, 0.5) is 5.82 Å². The highest BCUT2D eigenvalue weighted by Gasteiger charge is 2.22. The average Bonchev–Trinajstić information content (AvgIpc) is 3.11.